The van der Waals surface area contributed by atoms with Gasteiger partial charge >= 0.3 is 6.18 Å². The molecule has 3 N–H and O–H groups in total. The van der Waals surface area contributed by atoms with Crippen molar-refractivity contribution in [3.05, 3.63) is 35.4 Å². The van der Waals surface area contributed by atoms with Crippen molar-refractivity contribution in [1.82, 2.24) is 4.90 Å². The highest BCUT2D eigenvalue weighted by atomic mass is 19.4. The van der Waals surface area contributed by atoms with Crippen molar-refractivity contribution >= 4 is 5.84 Å². The van der Waals surface area contributed by atoms with Gasteiger partial charge in [-0.1, -0.05) is 23.4 Å². The number of benzene rings is 1. The van der Waals surface area contributed by atoms with Gasteiger partial charge in [-0.25, -0.2) is 0 Å². The summed E-state index contributed by atoms with van der Waals surface area (Å²) in [7, 11) is 0. The van der Waals surface area contributed by atoms with Crippen molar-refractivity contribution in [2.24, 2.45) is 10.9 Å². The van der Waals surface area contributed by atoms with Crippen LogP contribution in [0.15, 0.2) is 29.4 Å². The van der Waals surface area contributed by atoms with E-state index >= 15 is 0 Å². The van der Waals surface area contributed by atoms with Crippen molar-refractivity contribution in [1.29, 1.82) is 0 Å². The first-order chi connectivity index (χ1) is 9.23. The summed E-state index contributed by atoms with van der Waals surface area (Å²) in [4.78, 5) is 1.31. The molecule has 0 radical (unpaired) electrons. The lowest BCUT2D eigenvalue weighted by Gasteiger charge is -2.27. The summed E-state index contributed by atoms with van der Waals surface area (Å²) >= 11 is 0. The first kappa shape index (κ1) is 16.3. The number of hydrogen-bond donors (Lipinski definition) is 2. The van der Waals surface area contributed by atoms with Crippen LogP contribution < -0.4 is 5.73 Å². The molecule has 0 unspecified atom stereocenters. The molecule has 0 amide bonds. The second-order valence-electron chi connectivity index (χ2n) is 4.80. The van der Waals surface area contributed by atoms with E-state index in [-0.39, 0.29) is 18.4 Å². The molecule has 0 aromatic heterocycles. The summed E-state index contributed by atoms with van der Waals surface area (Å²) in [6.07, 6.45) is -4.24. The summed E-state index contributed by atoms with van der Waals surface area (Å²) in [5.41, 5.74) is 6.61. The summed E-state index contributed by atoms with van der Waals surface area (Å²) in [5.74, 6) is -0.0706. The van der Waals surface area contributed by atoms with E-state index in [0.717, 1.165) is 0 Å². The Bertz CT molecular complexity index is 472. The lowest BCUT2D eigenvalue weighted by molar-refractivity contribution is -0.150. The molecule has 20 heavy (non-hydrogen) atoms. The first-order valence-corrected chi connectivity index (χ1v) is 6.10. The molecular formula is C13H18F3N3O. The maximum atomic E-state index is 12.5. The number of hydrogen-bond acceptors (Lipinski definition) is 3. The minimum atomic E-state index is -4.24. The zero-order valence-electron chi connectivity index (χ0n) is 11.4. The quantitative estimate of drug-likeness (QED) is 0.379. The highest BCUT2D eigenvalue weighted by Gasteiger charge is 2.31. The number of oxime groups is 1. The first-order valence-electron chi connectivity index (χ1n) is 6.10. The van der Waals surface area contributed by atoms with Gasteiger partial charge in [0.2, 0.25) is 0 Å². The molecular weight excluding hydrogens is 271 g/mol. The maximum absolute atomic E-state index is 12.5. The average molecular weight is 289 g/mol. The fourth-order valence-electron chi connectivity index (χ4n) is 1.77. The molecule has 0 bridgehead atoms. The van der Waals surface area contributed by atoms with E-state index in [0.29, 0.717) is 11.1 Å². The van der Waals surface area contributed by atoms with Crippen LogP contribution >= 0.6 is 0 Å². The van der Waals surface area contributed by atoms with Crippen molar-refractivity contribution in [2.75, 3.05) is 6.54 Å². The SMILES string of the molecule is CC(C)N(Cc1cccc(C(N)=NO)c1)CC(F)(F)F. The molecule has 0 saturated heterocycles. The zero-order valence-corrected chi connectivity index (χ0v) is 11.4. The highest BCUT2D eigenvalue weighted by Crippen LogP contribution is 2.20. The van der Waals surface area contributed by atoms with E-state index in [1.54, 1.807) is 38.1 Å². The zero-order chi connectivity index (χ0) is 15.3. The second-order valence-corrected chi connectivity index (χ2v) is 4.80. The van der Waals surface area contributed by atoms with Crippen molar-refractivity contribution in [3.8, 4) is 0 Å². The van der Waals surface area contributed by atoms with Gasteiger partial charge in [0.1, 0.15) is 0 Å². The topological polar surface area (TPSA) is 61.8 Å². The molecule has 4 nitrogen and oxygen atoms in total. The molecule has 1 aromatic rings. The number of rotatable bonds is 5. The van der Waals surface area contributed by atoms with Crippen LogP contribution in [-0.2, 0) is 6.54 Å². The van der Waals surface area contributed by atoms with Crippen LogP contribution in [0.3, 0.4) is 0 Å². The van der Waals surface area contributed by atoms with Crippen LogP contribution in [0.1, 0.15) is 25.0 Å². The molecule has 0 saturated carbocycles. The van der Waals surface area contributed by atoms with Gasteiger partial charge < -0.3 is 10.9 Å². The smallest absolute Gasteiger partial charge is 0.401 e. The number of nitrogens with two attached hydrogens (primary N) is 1. The Morgan fingerprint density at radius 1 is 1.40 bits per heavy atom. The van der Waals surface area contributed by atoms with Gasteiger partial charge in [-0.3, -0.25) is 4.90 Å². The number of nitrogens with zero attached hydrogens (tertiary/aromatic N) is 2. The summed E-state index contributed by atoms with van der Waals surface area (Å²) in [6, 6.07) is 6.36. The predicted octanol–water partition coefficient (Wildman–Crippen LogP) is 2.55. The Balaban J connectivity index is 2.89. The molecule has 0 aliphatic heterocycles. The molecule has 0 aliphatic carbocycles. The minimum absolute atomic E-state index is 0.0706. The Kier molecular flexibility index (Phi) is 5.38. The van der Waals surface area contributed by atoms with E-state index in [1.165, 1.54) is 4.90 Å². The van der Waals surface area contributed by atoms with Crippen LogP contribution in [0.4, 0.5) is 13.2 Å². The molecule has 0 fully saturated rings. The molecule has 0 aliphatic rings. The standard InChI is InChI=1S/C13H18F3N3O/c1-9(2)19(8-13(14,15)16)7-10-4-3-5-11(6-10)12(17)18-20/h3-6,9,20H,7-8H2,1-2H3,(H2,17,18). The molecule has 1 aromatic carbocycles. The van der Waals surface area contributed by atoms with Crippen LogP contribution in [0, 0.1) is 0 Å². The third-order valence-corrected chi connectivity index (χ3v) is 2.83. The van der Waals surface area contributed by atoms with E-state index in [2.05, 4.69) is 5.16 Å². The van der Waals surface area contributed by atoms with Crippen molar-refractivity contribution < 1.29 is 18.4 Å². The van der Waals surface area contributed by atoms with E-state index in [1.807, 2.05) is 0 Å². The van der Waals surface area contributed by atoms with Crippen molar-refractivity contribution in [3.63, 3.8) is 0 Å². The van der Waals surface area contributed by atoms with Crippen LogP contribution in [-0.4, -0.2) is 34.7 Å². The number of halogens is 3. The normalized spacial score (nSPS) is 13.2. The molecule has 1 rings (SSSR count). The highest BCUT2D eigenvalue weighted by molar-refractivity contribution is 5.97. The van der Waals surface area contributed by atoms with Gasteiger partial charge in [-0.15, -0.1) is 0 Å². The molecule has 112 valence electrons. The third-order valence-electron chi connectivity index (χ3n) is 2.83. The number of amidine groups is 1. The summed E-state index contributed by atoms with van der Waals surface area (Å²) < 4.78 is 37.6. The van der Waals surface area contributed by atoms with E-state index in [9.17, 15) is 13.2 Å². The minimum Gasteiger partial charge on any atom is -0.409 e. The second kappa shape index (κ2) is 6.60. The molecule has 0 heterocycles. The molecule has 0 spiro atoms. The summed E-state index contributed by atoms with van der Waals surface area (Å²) in [6.45, 7) is 2.58. The van der Waals surface area contributed by atoms with Crippen molar-refractivity contribution in [2.45, 2.75) is 32.6 Å². The third kappa shape index (κ3) is 5.08. The Morgan fingerprint density at radius 3 is 2.55 bits per heavy atom. The van der Waals surface area contributed by atoms with Gasteiger partial charge in [-0.05, 0) is 25.5 Å². The number of alkyl halides is 3. The summed E-state index contributed by atoms with van der Waals surface area (Å²) in [5, 5.41) is 11.5. The van der Waals surface area contributed by atoms with Crippen LogP contribution in [0.5, 0.6) is 0 Å². The fraction of sp³-hybridized carbons (Fsp3) is 0.462. The fourth-order valence-corrected chi connectivity index (χ4v) is 1.77. The van der Waals surface area contributed by atoms with Gasteiger partial charge in [-0.2, -0.15) is 13.2 Å². The molecule has 7 heteroatoms. The predicted molar refractivity (Wildman–Crippen MR) is 70.6 cm³/mol. The van der Waals surface area contributed by atoms with Crippen LogP contribution in [0.25, 0.3) is 0 Å². The van der Waals surface area contributed by atoms with Gasteiger partial charge in [0.05, 0.1) is 6.54 Å². The maximum Gasteiger partial charge on any atom is 0.401 e. The molecule has 0 atom stereocenters. The van der Waals surface area contributed by atoms with Gasteiger partial charge in [0, 0.05) is 18.2 Å². The van der Waals surface area contributed by atoms with Crippen LogP contribution in [0.2, 0.25) is 0 Å². The largest absolute Gasteiger partial charge is 0.409 e. The van der Waals surface area contributed by atoms with Gasteiger partial charge in [0.25, 0.3) is 0 Å². The Morgan fingerprint density at radius 2 is 2.05 bits per heavy atom. The van der Waals surface area contributed by atoms with Gasteiger partial charge in [0.15, 0.2) is 5.84 Å². The monoisotopic (exact) mass is 289 g/mol. The Labute approximate surface area is 115 Å². The lowest BCUT2D eigenvalue weighted by Crippen LogP contribution is -2.38. The average Bonchev–Trinajstić information content (AvgIpc) is 2.35. The lowest BCUT2D eigenvalue weighted by atomic mass is 10.1. The van der Waals surface area contributed by atoms with E-state index in [4.69, 9.17) is 10.9 Å². The van der Waals surface area contributed by atoms with E-state index < -0.39 is 12.7 Å². The Hall–Kier alpha value is -1.76.